The fourth-order valence-corrected chi connectivity index (χ4v) is 9.11. The molecule has 2 fully saturated rings. The minimum atomic E-state index is -0.404. The second-order valence-corrected chi connectivity index (χ2v) is 13.7. The monoisotopic (exact) mass is 614 g/mol. The first-order valence-electron chi connectivity index (χ1n) is 13.8. The van der Waals surface area contributed by atoms with Crippen LogP contribution in [0.25, 0.3) is 6.08 Å². The number of phenolic OH excluding ortho intramolecular Hbond substituents is 1. The van der Waals surface area contributed by atoms with Gasteiger partial charge >= 0.3 is 5.97 Å². The number of likely N-dealkylation sites (N-methyl/N-ethyl adjacent to an activating group) is 1. The van der Waals surface area contributed by atoms with E-state index in [0.717, 1.165) is 52.7 Å². The normalized spacial score (nSPS) is 28.9. The highest BCUT2D eigenvalue weighted by Gasteiger charge is 2.66. The van der Waals surface area contributed by atoms with Gasteiger partial charge in [0.05, 0.1) is 6.04 Å². The molecule has 1 amide bonds. The third-order valence-corrected chi connectivity index (χ3v) is 10.8. The molecular weight excluding hydrogens is 580 g/mol. The summed E-state index contributed by atoms with van der Waals surface area (Å²) in [5.74, 6) is 1.16. The number of hydrogen-bond donors (Lipinski definition) is 1. The van der Waals surface area contributed by atoms with E-state index in [-0.39, 0.29) is 41.2 Å². The molecule has 39 heavy (non-hydrogen) atoms. The minimum Gasteiger partial charge on any atom is -0.504 e. The van der Waals surface area contributed by atoms with Crippen LogP contribution in [0.1, 0.15) is 56.0 Å². The molecule has 1 aromatic heterocycles. The average molecular weight is 616 g/mol. The number of piperidine rings is 1. The van der Waals surface area contributed by atoms with Crippen molar-refractivity contribution in [1.82, 2.24) is 9.80 Å². The van der Waals surface area contributed by atoms with Crippen LogP contribution >= 0.6 is 27.3 Å². The number of nitrogens with zero attached hydrogens (tertiary/aromatic N) is 2. The Morgan fingerprint density at radius 3 is 2.85 bits per heavy atom. The van der Waals surface area contributed by atoms with Gasteiger partial charge in [0.15, 0.2) is 11.5 Å². The van der Waals surface area contributed by atoms with Gasteiger partial charge in [0.25, 0.3) is 0 Å². The number of phenols is 1. The van der Waals surface area contributed by atoms with Crippen LogP contribution in [0.4, 0.5) is 0 Å². The third kappa shape index (κ3) is 4.32. The molecule has 1 saturated carbocycles. The van der Waals surface area contributed by atoms with E-state index in [0.29, 0.717) is 24.0 Å². The van der Waals surface area contributed by atoms with Crippen LogP contribution in [0.3, 0.4) is 0 Å². The van der Waals surface area contributed by atoms with Gasteiger partial charge in [0, 0.05) is 62.9 Å². The van der Waals surface area contributed by atoms with Gasteiger partial charge in [0.2, 0.25) is 5.91 Å². The number of ether oxygens (including phenoxy) is 2. The van der Waals surface area contributed by atoms with Crippen molar-refractivity contribution < 1.29 is 24.2 Å². The van der Waals surface area contributed by atoms with Gasteiger partial charge in [-0.3, -0.25) is 9.59 Å². The van der Waals surface area contributed by atoms with Gasteiger partial charge in [-0.05, 0) is 79.2 Å². The summed E-state index contributed by atoms with van der Waals surface area (Å²) in [7, 11) is 2.18. The van der Waals surface area contributed by atoms with E-state index in [1.54, 1.807) is 17.4 Å². The molecule has 0 radical (unpaired) electrons. The summed E-state index contributed by atoms with van der Waals surface area (Å²) >= 11 is 5.08. The maximum absolute atomic E-state index is 13.8. The fourth-order valence-electron chi connectivity index (χ4n) is 7.77. The molecule has 2 bridgehead atoms. The van der Waals surface area contributed by atoms with E-state index in [1.165, 1.54) is 13.0 Å². The van der Waals surface area contributed by atoms with Crippen molar-refractivity contribution in [3.8, 4) is 17.2 Å². The number of thiophene rings is 1. The van der Waals surface area contributed by atoms with Crippen LogP contribution in [0, 0.1) is 11.8 Å². The van der Waals surface area contributed by atoms with Crippen molar-refractivity contribution in [3.05, 3.63) is 44.1 Å². The molecule has 2 aliphatic heterocycles. The molecule has 5 atom stereocenters. The van der Waals surface area contributed by atoms with E-state index in [9.17, 15) is 14.7 Å². The van der Waals surface area contributed by atoms with Crippen LogP contribution in [-0.2, 0) is 21.4 Å². The lowest BCUT2D eigenvalue weighted by atomic mass is 9.51. The number of halogens is 1. The van der Waals surface area contributed by atoms with Crippen molar-refractivity contribution in [2.24, 2.45) is 11.8 Å². The van der Waals surface area contributed by atoms with Crippen LogP contribution < -0.4 is 9.47 Å². The van der Waals surface area contributed by atoms with Crippen LogP contribution in [0.15, 0.2) is 28.1 Å². The van der Waals surface area contributed by atoms with E-state index >= 15 is 0 Å². The van der Waals surface area contributed by atoms with Crippen molar-refractivity contribution in [3.63, 3.8) is 0 Å². The minimum absolute atomic E-state index is 0.00792. The number of hydrogen-bond acceptors (Lipinski definition) is 7. The summed E-state index contributed by atoms with van der Waals surface area (Å²) < 4.78 is 13.4. The van der Waals surface area contributed by atoms with Gasteiger partial charge in [-0.1, -0.05) is 13.8 Å². The van der Waals surface area contributed by atoms with Crippen molar-refractivity contribution in [2.75, 3.05) is 20.1 Å². The topological polar surface area (TPSA) is 79.3 Å². The molecule has 3 heterocycles. The van der Waals surface area contributed by atoms with Gasteiger partial charge in [-0.15, -0.1) is 11.3 Å². The molecule has 1 spiro atoms. The molecule has 4 aliphatic rings. The maximum Gasteiger partial charge on any atom is 0.308 e. The van der Waals surface area contributed by atoms with Crippen molar-refractivity contribution in [1.29, 1.82) is 0 Å². The number of benzene rings is 1. The largest absolute Gasteiger partial charge is 0.504 e. The standard InChI is InChI=1S/C30H35BrN2O5S/c1-16(2)14-33(26(36)8-5-19-11-18(31)15-39-19)22-7-6-21-23-12-20-25(37-17(3)34)13-24(35)28-27(20)30(21,29(22)38-28)9-10-32(23)4/h5,8,11,13,15-16,21-23,29,35H,6-7,9-10,12,14H2,1-4H3/b8-5+/t21-,22+,23+,29-,30-/m0/s1. The Balaban J connectivity index is 1.43. The SMILES string of the molecule is CC(=O)Oc1cc(O)c2c3c1C[C@@H]1[C@@H]4CC[C@@H](N(CC(C)C)C(=O)/C=C/c5cc(Br)cs5)[C@H](O2)[C@]34CCN1C. The summed E-state index contributed by atoms with van der Waals surface area (Å²) in [4.78, 5) is 31.2. The highest BCUT2D eigenvalue weighted by Crippen LogP contribution is 2.65. The summed E-state index contributed by atoms with van der Waals surface area (Å²) in [6, 6.07) is 3.70. The summed E-state index contributed by atoms with van der Waals surface area (Å²) in [6.45, 7) is 7.20. The lowest BCUT2D eigenvalue weighted by Gasteiger charge is -2.60. The number of rotatable bonds is 6. The van der Waals surface area contributed by atoms with E-state index in [2.05, 4.69) is 41.7 Å². The van der Waals surface area contributed by atoms with Crippen LogP contribution in [0.5, 0.6) is 17.2 Å². The highest BCUT2D eigenvalue weighted by molar-refractivity contribution is 9.10. The Morgan fingerprint density at radius 2 is 2.15 bits per heavy atom. The van der Waals surface area contributed by atoms with Crippen LogP contribution in [0.2, 0.25) is 0 Å². The molecule has 208 valence electrons. The second-order valence-electron chi connectivity index (χ2n) is 11.9. The zero-order chi connectivity index (χ0) is 27.6. The Hall–Kier alpha value is -2.36. The summed E-state index contributed by atoms with van der Waals surface area (Å²) in [5.41, 5.74) is 1.65. The molecule has 6 rings (SSSR count). The van der Waals surface area contributed by atoms with Crippen LogP contribution in [-0.4, -0.2) is 65.1 Å². The van der Waals surface area contributed by atoms with Gasteiger partial charge in [-0.2, -0.15) is 0 Å². The van der Waals surface area contributed by atoms with Crippen molar-refractivity contribution >= 4 is 45.2 Å². The lowest BCUT2D eigenvalue weighted by molar-refractivity contribution is -0.138. The predicted octanol–water partition coefficient (Wildman–Crippen LogP) is 5.38. The van der Waals surface area contributed by atoms with E-state index in [4.69, 9.17) is 9.47 Å². The zero-order valence-corrected chi connectivity index (χ0v) is 25.2. The molecule has 1 N–H and O–H groups in total. The number of esters is 1. The third-order valence-electron chi connectivity index (χ3n) is 9.13. The molecular formula is C30H35BrN2O5S. The Kier molecular flexibility index (Phi) is 6.83. The first kappa shape index (κ1) is 26.8. The fraction of sp³-hybridized carbons (Fsp3) is 0.533. The van der Waals surface area contributed by atoms with E-state index < -0.39 is 5.97 Å². The molecule has 2 aliphatic carbocycles. The molecule has 0 unspecified atom stereocenters. The van der Waals surface area contributed by atoms with E-state index in [1.807, 2.05) is 22.4 Å². The smallest absolute Gasteiger partial charge is 0.308 e. The van der Waals surface area contributed by atoms with Gasteiger partial charge < -0.3 is 24.4 Å². The highest BCUT2D eigenvalue weighted by atomic mass is 79.9. The molecule has 1 saturated heterocycles. The first-order chi connectivity index (χ1) is 18.6. The average Bonchev–Trinajstić information content (AvgIpc) is 3.45. The first-order valence-corrected chi connectivity index (χ1v) is 15.4. The Morgan fingerprint density at radius 1 is 1.36 bits per heavy atom. The predicted molar refractivity (Wildman–Crippen MR) is 154 cm³/mol. The molecule has 7 nitrogen and oxygen atoms in total. The Bertz CT molecular complexity index is 1360. The number of aromatic hydroxyl groups is 1. The Labute approximate surface area is 241 Å². The lowest BCUT2D eigenvalue weighted by Crippen LogP contribution is -2.68. The van der Waals surface area contributed by atoms with Crippen molar-refractivity contribution in [2.45, 2.75) is 70.1 Å². The molecule has 2 aromatic rings. The second kappa shape index (κ2) is 9.93. The summed E-state index contributed by atoms with van der Waals surface area (Å²) in [6.07, 6.45) is 6.75. The number of carbonyl (C=O) groups is 2. The molecule has 9 heteroatoms. The summed E-state index contributed by atoms with van der Waals surface area (Å²) in [5, 5.41) is 13.1. The quantitative estimate of drug-likeness (QED) is 0.267. The number of likely N-dealkylation sites (tertiary alicyclic amines) is 1. The molecule has 1 aromatic carbocycles. The maximum atomic E-state index is 13.8. The number of amides is 1. The van der Waals surface area contributed by atoms with Gasteiger partial charge in [0.1, 0.15) is 11.9 Å². The number of carbonyl (C=O) groups excluding carboxylic acids is 2. The van der Waals surface area contributed by atoms with Gasteiger partial charge in [-0.25, -0.2) is 0 Å². The zero-order valence-electron chi connectivity index (χ0n) is 22.8.